The highest BCUT2D eigenvalue weighted by atomic mass is 16.5. The number of aryl methyl sites for hydroxylation is 1. The summed E-state index contributed by atoms with van der Waals surface area (Å²) in [6.45, 7) is 5.98. The number of methoxy groups -OCH3 is 3. The Balaban J connectivity index is 2.91. The van der Waals surface area contributed by atoms with Crippen LogP contribution >= 0.6 is 0 Å². The Morgan fingerprint density at radius 1 is 1.00 bits per heavy atom. The van der Waals surface area contributed by atoms with E-state index in [1.807, 2.05) is 12.1 Å². The highest BCUT2D eigenvalue weighted by Crippen LogP contribution is 2.48. The molecule has 2 aromatic carbocycles. The summed E-state index contributed by atoms with van der Waals surface area (Å²) in [7, 11) is 4.79. The summed E-state index contributed by atoms with van der Waals surface area (Å²) in [5.74, 6) is 1.32. The van der Waals surface area contributed by atoms with E-state index in [9.17, 15) is 4.79 Å². The Morgan fingerprint density at radius 2 is 1.67 bits per heavy atom. The summed E-state index contributed by atoms with van der Waals surface area (Å²) >= 11 is 0. The van der Waals surface area contributed by atoms with Gasteiger partial charge in [-0.2, -0.15) is 0 Å². The Morgan fingerprint density at radius 3 is 2.22 bits per heavy atom. The van der Waals surface area contributed by atoms with Crippen molar-refractivity contribution in [1.29, 1.82) is 0 Å². The minimum absolute atomic E-state index is 0.328. The molecule has 0 aromatic heterocycles. The first-order valence-corrected chi connectivity index (χ1v) is 9.12. The summed E-state index contributed by atoms with van der Waals surface area (Å²) in [4.78, 5) is 12.1. The average Bonchev–Trinajstić information content (AvgIpc) is 2.67. The molecule has 0 heterocycles. The number of hydrogen-bond donors (Lipinski definition) is 0. The van der Waals surface area contributed by atoms with Crippen LogP contribution in [-0.4, -0.2) is 33.9 Å². The number of benzene rings is 2. The summed E-state index contributed by atoms with van der Waals surface area (Å²) in [5, 5.41) is 1.92. The molecule has 0 fully saturated rings. The lowest BCUT2D eigenvalue weighted by Crippen LogP contribution is -2.06. The third-order valence-corrected chi connectivity index (χ3v) is 4.42. The van der Waals surface area contributed by atoms with Gasteiger partial charge in [0.15, 0.2) is 11.5 Å². The fourth-order valence-electron chi connectivity index (χ4n) is 3.28. The van der Waals surface area contributed by atoms with Crippen LogP contribution in [0.4, 0.5) is 0 Å². The second kappa shape index (κ2) is 9.31. The van der Waals surface area contributed by atoms with Gasteiger partial charge in [0, 0.05) is 16.5 Å². The fourth-order valence-corrected chi connectivity index (χ4v) is 3.28. The fraction of sp³-hybridized carbons (Fsp3) is 0.409. The summed E-state index contributed by atoms with van der Waals surface area (Å²) in [5.41, 5.74) is 2.43. The first-order chi connectivity index (χ1) is 13.0. The molecule has 0 bridgehead atoms. The second-order valence-corrected chi connectivity index (χ2v) is 6.15. The van der Waals surface area contributed by atoms with Gasteiger partial charge in [-0.1, -0.05) is 31.5 Å². The maximum atomic E-state index is 12.1. The highest BCUT2D eigenvalue weighted by Gasteiger charge is 2.23. The number of fused-ring (bicyclic) bond motifs is 1. The molecule has 0 amide bonds. The number of esters is 1. The van der Waals surface area contributed by atoms with Crippen LogP contribution in [0, 0.1) is 0 Å². The van der Waals surface area contributed by atoms with Gasteiger partial charge in [-0.15, -0.1) is 0 Å². The molecule has 2 rings (SSSR count). The monoisotopic (exact) mass is 372 g/mol. The topological polar surface area (TPSA) is 54.0 Å². The van der Waals surface area contributed by atoms with Crippen molar-refractivity contribution in [3.05, 3.63) is 34.9 Å². The summed E-state index contributed by atoms with van der Waals surface area (Å²) in [6, 6.07) is 6.10. The normalized spacial score (nSPS) is 11.4. The van der Waals surface area contributed by atoms with E-state index in [2.05, 4.69) is 13.0 Å². The van der Waals surface area contributed by atoms with Crippen molar-refractivity contribution >= 4 is 22.8 Å². The van der Waals surface area contributed by atoms with Gasteiger partial charge in [-0.3, -0.25) is 0 Å². The minimum atomic E-state index is -0.354. The van der Waals surface area contributed by atoms with Gasteiger partial charge >= 0.3 is 5.97 Å². The van der Waals surface area contributed by atoms with Crippen LogP contribution in [0.1, 0.15) is 38.3 Å². The lowest BCUT2D eigenvalue weighted by molar-refractivity contribution is -0.138. The molecule has 0 atom stereocenters. The molecule has 0 saturated heterocycles. The Kier molecular flexibility index (Phi) is 7.11. The van der Waals surface area contributed by atoms with E-state index in [0.29, 0.717) is 29.4 Å². The van der Waals surface area contributed by atoms with Gasteiger partial charge in [0.25, 0.3) is 0 Å². The Hall–Kier alpha value is -2.69. The summed E-state index contributed by atoms with van der Waals surface area (Å²) < 4.78 is 22.1. The molecule has 146 valence electrons. The van der Waals surface area contributed by atoms with Crippen molar-refractivity contribution in [3.63, 3.8) is 0 Å². The van der Waals surface area contributed by atoms with Gasteiger partial charge in [0.1, 0.15) is 0 Å². The standard InChI is InChI=1S/C22H28O5/c1-7-10-15-11-9-12-16-17(13-14(3)22(23)27-8-2)19(24-4)21(26-6)20(25-5)18(15)16/h9,11-13H,7-8,10H2,1-6H3/b14-13+. The van der Waals surface area contributed by atoms with Crippen LogP contribution in [0.5, 0.6) is 17.2 Å². The van der Waals surface area contributed by atoms with Crippen LogP contribution in [0.3, 0.4) is 0 Å². The molecule has 0 N–H and O–H groups in total. The molecular weight excluding hydrogens is 344 g/mol. The van der Waals surface area contributed by atoms with Crippen molar-refractivity contribution in [1.82, 2.24) is 0 Å². The van der Waals surface area contributed by atoms with Crippen molar-refractivity contribution < 1.29 is 23.7 Å². The quantitative estimate of drug-likeness (QED) is 0.493. The first-order valence-electron chi connectivity index (χ1n) is 9.12. The van der Waals surface area contributed by atoms with E-state index >= 15 is 0 Å². The minimum Gasteiger partial charge on any atom is -0.492 e. The summed E-state index contributed by atoms with van der Waals surface area (Å²) in [6.07, 6.45) is 3.70. The highest BCUT2D eigenvalue weighted by molar-refractivity contribution is 6.05. The molecule has 0 unspecified atom stereocenters. The molecule has 0 aliphatic carbocycles. The number of ether oxygens (including phenoxy) is 4. The van der Waals surface area contributed by atoms with Crippen LogP contribution in [0.25, 0.3) is 16.8 Å². The van der Waals surface area contributed by atoms with E-state index in [-0.39, 0.29) is 5.97 Å². The van der Waals surface area contributed by atoms with E-state index in [1.165, 1.54) is 0 Å². The molecule has 0 aliphatic heterocycles. The zero-order chi connectivity index (χ0) is 20.0. The third kappa shape index (κ3) is 4.02. The maximum absolute atomic E-state index is 12.1. The van der Waals surface area contributed by atoms with E-state index in [1.54, 1.807) is 41.3 Å². The van der Waals surface area contributed by atoms with Crippen molar-refractivity contribution in [2.75, 3.05) is 27.9 Å². The van der Waals surface area contributed by atoms with Crippen molar-refractivity contribution in [3.8, 4) is 17.2 Å². The molecule has 0 aliphatic rings. The smallest absolute Gasteiger partial charge is 0.333 e. The van der Waals surface area contributed by atoms with Crippen LogP contribution < -0.4 is 14.2 Å². The van der Waals surface area contributed by atoms with Crippen LogP contribution in [-0.2, 0) is 16.0 Å². The Bertz CT molecular complexity index is 852. The van der Waals surface area contributed by atoms with Crippen LogP contribution in [0.15, 0.2) is 23.8 Å². The van der Waals surface area contributed by atoms with E-state index in [0.717, 1.165) is 34.7 Å². The molecule has 5 heteroatoms. The van der Waals surface area contributed by atoms with E-state index in [4.69, 9.17) is 18.9 Å². The van der Waals surface area contributed by atoms with Gasteiger partial charge in [-0.25, -0.2) is 4.79 Å². The number of carbonyl (C=O) groups excluding carboxylic acids is 1. The number of rotatable bonds is 8. The van der Waals surface area contributed by atoms with E-state index < -0.39 is 0 Å². The van der Waals surface area contributed by atoms with Crippen molar-refractivity contribution in [2.45, 2.75) is 33.6 Å². The lowest BCUT2D eigenvalue weighted by atomic mass is 9.94. The zero-order valence-corrected chi connectivity index (χ0v) is 17.0. The van der Waals surface area contributed by atoms with Gasteiger partial charge in [-0.05, 0) is 37.3 Å². The first kappa shape index (κ1) is 20.6. The molecule has 0 saturated carbocycles. The molecule has 27 heavy (non-hydrogen) atoms. The lowest BCUT2D eigenvalue weighted by Gasteiger charge is -2.20. The second-order valence-electron chi connectivity index (χ2n) is 6.15. The van der Waals surface area contributed by atoms with Gasteiger partial charge in [0.05, 0.1) is 27.9 Å². The molecule has 2 aromatic rings. The number of carbonyl (C=O) groups is 1. The average molecular weight is 372 g/mol. The maximum Gasteiger partial charge on any atom is 0.333 e. The Labute approximate surface area is 160 Å². The predicted molar refractivity (Wildman–Crippen MR) is 108 cm³/mol. The van der Waals surface area contributed by atoms with Crippen LogP contribution in [0.2, 0.25) is 0 Å². The van der Waals surface area contributed by atoms with Crippen molar-refractivity contribution in [2.24, 2.45) is 0 Å². The van der Waals surface area contributed by atoms with Gasteiger partial charge < -0.3 is 18.9 Å². The van der Waals surface area contributed by atoms with Gasteiger partial charge in [0.2, 0.25) is 5.75 Å². The third-order valence-electron chi connectivity index (χ3n) is 4.42. The zero-order valence-electron chi connectivity index (χ0n) is 17.0. The molecule has 0 spiro atoms. The largest absolute Gasteiger partial charge is 0.492 e. The SMILES string of the molecule is CCCc1cccc2c(/C=C(\C)C(=O)OCC)c(OC)c(OC)c(OC)c12. The molecule has 5 nitrogen and oxygen atoms in total. The molecule has 0 radical (unpaired) electrons. The molecular formula is C22H28O5. The number of hydrogen-bond acceptors (Lipinski definition) is 5. The predicted octanol–water partition coefficient (Wildman–Crippen LogP) is 4.78.